The number of rotatable bonds is 4. The van der Waals surface area contributed by atoms with Gasteiger partial charge in [0, 0.05) is 30.7 Å². The summed E-state index contributed by atoms with van der Waals surface area (Å²) in [6, 6.07) is 12.3. The molecule has 7 nitrogen and oxygen atoms in total. The number of carbonyl (C=O) groups excluding carboxylic acids is 1. The summed E-state index contributed by atoms with van der Waals surface area (Å²) >= 11 is 3.31. The highest BCUT2D eigenvalue weighted by Crippen LogP contribution is 2.31. The average Bonchev–Trinajstić information content (AvgIpc) is 2.74. The van der Waals surface area contributed by atoms with E-state index >= 15 is 0 Å². The van der Waals surface area contributed by atoms with Crippen LogP contribution < -0.4 is 9.47 Å². The van der Waals surface area contributed by atoms with E-state index in [4.69, 9.17) is 9.47 Å². The maximum Gasteiger partial charge on any atom is 0.244 e. The Hall–Kier alpha value is -2.10. The van der Waals surface area contributed by atoms with Crippen molar-refractivity contribution in [3.8, 4) is 11.5 Å². The van der Waals surface area contributed by atoms with E-state index in [2.05, 4.69) is 15.9 Å². The van der Waals surface area contributed by atoms with Crippen molar-refractivity contribution in [2.24, 2.45) is 0 Å². The highest BCUT2D eigenvalue weighted by atomic mass is 79.9. The number of halogens is 1. The molecule has 0 bridgehead atoms. The topological polar surface area (TPSA) is 76.2 Å². The molecule has 2 aromatic carbocycles. The molecule has 0 spiro atoms. The Kier molecular flexibility index (Phi) is 5.80. The fourth-order valence-electron chi connectivity index (χ4n) is 3.46. The molecule has 29 heavy (non-hydrogen) atoms. The molecule has 0 aliphatic carbocycles. The molecule has 154 valence electrons. The predicted octanol–water partition coefficient (Wildman–Crippen LogP) is 2.30. The fourth-order valence-corrected chi connectivity index (χ4v) is 5.84. The van der Waals surface area contributed by atoms with Gasteiger partial charge in [0.2, 0.25) is 15.9 Å². The molecular formula is C20H21BrN2O5S. The van der Waals surface area contributed by atoms with E-state index in [1.165, 1.54) is 4.31 Å². The minimum Gasteiger partial charge on any atom is -0.486 e. The van der Waals surface area contributed by atoms with Crippen LogP contribution in [0.15, 0.2) is 51.8 Å². The van der Waals surface area contributed by atoms with Crippen LogP contribution >= 0.6 is 15.9 Å². The normalized spacial score (nSPS) is 17.2. The van der Waals surface area contributed by atoms with Crippen molar-refractivity contribution in [2.75, 3.05) is 39.4 Å². The van der Waals surface area contributed by atoms with Gasteiger partial charge in [0.05, 0.1) is 11.3 Å². The number of piperazine rings is 1. The van der Waals surface area contributed by atoms with Gasteiger partial charge in [-0.15, -0.1) is 0 Å². The average molecular weight is 481 g/mol. The summed E-state index contributed by atoms with van der Waals surface area (Å²) in [4.78, 5) is 14.7. The van der Waals surface area contributed by atoms with Gasteiger partial charge in [-0.05, 0) is 45.8 Å². The molecule has 0 aromatic heterocycles. The van der Waals surface area contributed by atoms with E-state index in [0.717, 1.165) is 5.56 Å². The first-order chi connectivity index (χ1) is 13.9. The van der Waals surface area contributed by atoms with Gasteiger partial charge < -0.3 is 14.4 Å². The van der Waals surface area contributed by atoms with Crippen LogP contribution in [-0.2, 0) is 21.2 Å². The van der Waals surface area contributed by atoms with Crippen LogP contribution in [-0.4, -0.2) is 62.9 Å². The molecule has 0 saturated carbocycles. The lowest BCUT2D eigenvalue weighted by atomic mass is 10.1. The van der Waals surface area contributed by atoms with Gasteiger partial charge in [-0.2, -0.15) is 4.31 Å². The van der Waals surface area contributed by atoms with Crippen LogP contribution in [0.1, 0.15) is 5.56 Å². The highest BCUT2D eigenvalue weighted by molar-refractivity contribution is 9.10. The van der Waals surface area contributed by atoms with Gasteiger partial charge in [0.15, 0.2) is 11.5 Å². The lowest BCUT2D eigenvalue weighted by molar-refractivity contribution is -0.131. The van der Waals surface area contributed by atoms with Gasteiger partial charge >= 0.3 is 0 Å². The Labute approximate surface area is 178 Å². The van der Waals surface area contributed by atoms with Gasteiger partial charge in [-0.1, -0.05) is 18.2 Å². The largest absolute Gasteiger partial charge is 0.486 e. The maximum atomic E-state index is 12.9. The second kappa shape index (κ2) is 8.33. The second-order valence-corrected chi connectivity index (χ2v) is 9.63. The van der Waals surface area contributed by atoms with Crippen LogP contribution in [0.25, 0.3) is 0 Å². The van der Waals surface area contributed by atoms with Crippen LogP contribution in [0.5, 0.6) is 11.5 Å². The van der Waals surface area contributed by atoms with Crippen molar-refractivity contribution < 1.29 is 22.7 Å². The third-order valence-electron chi connectivity index (χ3n) is 5.01. The molecule has 1 fully saturated rings. The molecular weight excluding hydrogens is 460 g/mol. The minimum absolute atomic E-state index is 0.0281. The van der Waals surface area contributed by atoms with Crippen molar-refractivity contribution in [1.29, 1.82) is 0 Å². The zero-order valence-corrected chi connectivity index (χ0v) is 18.1. The monoisotopic (exact) mass is 480 g/mol. The van der Waals surface area contributed by atoms with Crippen LogP contribution in [0.4, 0.5) is 0 Å². The third kappa shape index (κ3) is 4.26. The zero-order valence-electron chi connectivity index (χ0n) is 15.7. The van der Waals surface area contributed by atoms with Crippen molar-refractivity contribution in [1.82, 2.24) is 9.21 Å². The molecule has 0 unspecified atom stereocenters. The van der Waals surface area contributed by atoms with E-state index in [-0.39, 0.29) is 30.3 Å². The lowest BCUT2D eigenvalue weighted by Gasteiger charge is -2.34. The molecule has 0 N–H and O–H groups in total. The number of carbonyl (C=O) groups is 1. The zero-order chi connectivity index (χ0) is 20.4. The molecule has 4 rings (SSSR count). The molecule has 0 radical (unpaired) electrons. The fraction of sp³-hybridized carbons (Fsp3) is 0.350. The summed E-state index contributed by atoms with van der Waals surface area (Å²) in [7, 11) is -3.59. The SMILES string of the molecule is O=C(Cc1ccc2c(c1)OCCO2)N1CCN(S(=O)(=O)c2ccccc2Br)CC1. The number of hydrogen-bond acceptors (Lipinski definition) is 5. The number of benzene rings is 2. The number of hydrogen-bond donors (Lipinski definition) is 0. The minimum atomic E-state index is -3.59. The Morgan fingerprint density at radius 3 is 2.38 bits per heavy atom. The lowest BCUT2D eigenvalue weighted by Crippen LogP contribution is -2.50. The van der Waals surface area contributed by atoms with Crippen LogP contribution in [0.3, 0.4) is 0 Å². The molecule has 2 heterocycles. The summed E-state index contributed by atoms with van der Waals surface area (Å²) in [6.07, 6.45) is 0.244. The molecule has 2 aliphatic heterocycles. The standard InChI is InChI=1S/C20H21BrN2O5S/c21-16-3-1-2-4-19(16)29(25,26)23-9-7-22(8-10-23)20(24)14-15-5-6-17-18(13-15)28-12-11-27-17/h1-6,13H,7-12,14H2. The number of nitrogens with zero attached hydrogens (tertiary/aromatic N) is 2. The molecule has 1 amide bonds. The summed E-state index contributed by atoms with van der Waals surface area (Å²) in [6.45, 7) is 2.31. The third-order valence-corrected chi connectivity index (χ3v) is 7.92. The molecule has 2 aromatic rings. The van der Waals surface area contributed by atoms with Gasteiger partial charge in [-0.3, -0.25) is 4.79 Å². The summed E-state index contributed by atoms with van der Waals surface area (Å²) in [5.74, 6) is 1.32. The van der Waals surface area contributed by atoms with E-state index in [0.29, 0.717) is 42.3 Å². The second-order valence-electron chi connectivity index (χ2n) is 6.87. The van der Waals surface area contributed by atoms with Crippen molar-refractivity contribution >= 4 is 31.9 Å². The number of ether oxygens (including phenoxy) is 2. The van der Waals surface area contributed by atoms with Crippen LogP contribution in [0.2, 0.25) is 0 Å². The Morgan fingerprint density at radius 1 is 0.966 bits per heavy atom. The quantitative estimate of drug-likeness (QED) is 0.670. The van der Waals surface area contributed by atoms with Gasteiger partial charge in [0.1, 0.15) is 13.2 Å². The van der Waals surface area contributed by atoms with E-state index in [1.54, 1.807) is 29.2 Å². The molecule has 0 atom stereocenters. The molecule has 2 aliphatic rings. The van der Waals surface area contributed by atoms with E-state index in [9.17, 15) is 13.2 Å². The smallest absolute Gasteiger partial charge is 0.244 e. The summed E-state index contributed by atoms with van der Waals surface area (Å²) in [5.41, 5.74) is 0.850. The van der Waals surface area contributed by atoms with E-state index in [1.807, 2.05) is 18.2 Å². The number of fused-ring (bicyclic) bond motifs is 1. The van der Waals surface area contributed by atoms with Crippen LogP contribution in [0, 0.1) is 0 Å². The Morgan fingerprint density at radius 2 is 1.66 bits per heavy atom. The first-order valence-corrected chi connectivity index (χ1v) is 11.6. The summed E-state index contributed by atoms with van der Waals surface area (Å²) in [5, 5.41) is 0. The van der Waals surface area contributed by atoms with Crippen molar-refractivity contribution in [3.63, 3.8) is 0 Å². The summed E-state index contributed by atoms with van der Waals surface area (Å²) < 4.78 is 38.8. The predicted molar refractivity (Wildman–Crippen MR) is 111 cm³/mol. The number of sulfonamides is 1. The first kappa shape index (κ1) is 20.2. The van der Waals surface area contributed by atoms with Crippen molar-refractivity contribution in [2.45, 2.75) is 11.3 Å². The molecule has 9 heteroatoms. The van der Waals surface area contributed by atoms with Crippen molar-refractivity contribution in [3.05, 3.63) is 52.5 Å². The Balaban J connectivity index is 1.38. The maximum absolute atomic E-state index is 12.9. The van der Waals surface area contributed by atoms with Gasteiger partial charge in [0.25, 0.3) is 0 Å². The highest BCUT2D eigenvalue weighted by Gasteiger charge is 2.31. The van der Waals surface area contributed by atoms with E-state index < -0.39 is 10.0 Å². The molecule has 1 saturated heterocycles. The first-order valence-electron chi connectivity index (χ1n) is 9.36. The number of amides is 1. The van der Waals surface area contributed by atoms with Gasteiger partial charge in [-0.25, -0.2) is 8.42 Å². The Bertz CT molecular complexity index is 1020.